The summed E-state index contributed by atoms with van der Waals surface area (Å²) in [6.07, 6.45) is 6.52. The predicted molar refractivity (Wildman–Crippen MR) is 133 cm³/mol. The molecule has 0 radical (unpaired) electrons. The molecule has 3 aromatic rings. The first-order chi connectivity index (χ1) is 17.7. The Bertz CT molecular complexity index is 1120. The fraction of sp³-hybridized carbons (Fsp3) is 0.385. The Labute approximate surface area is 209 Å². The van der Waals surface area contributed by atoms with Crippen molar-refractivity contribution in [3.63, 3.8) is 0 Å². The highest BCUT2D eigenvalue weighted by Gasteiger charge is 2.12. The third-order valence-electron chi connectivity index (χ3n) is 4.79. The Balaban J connectivity index is 1.40. The number of benzene rings is 2. The first-order valence-electron chi connectivity index (χ1n) is 11.4. The monoisotopic (exact) mass is 499 g/mol. The summed E-state index contributed by atoms with van der Waals surface area (Å²) < 4.78 is 46.3. The molecule has 192 valence electrons. The molecule has 0 fully saturated rings. The number of hydrogen-bond acceptors (Lipinski definition) is 9. The van der Waals surface area contributed by atoms with Crippen LogP contribution in [0.1, 0.15) is 0 Å². The number of hydrogen-bond donors (Lipinski definition) is 1. The average molecular weight is 500 g/mol. The Morgan fingerprint density at radius 3 is 2.22 bits per heavy atom. The number of methoxy groups -OCH3 is 1. The molecule has 0 aliphatic heterocycles. The summed E-state index contributed by atoms with van der Waals surface area (Å²) in [5.74, 6) is 3.63. The Morgan fingerprint density at radius 2 is 1.56 bits per heavy atom. The van der Waals surface area contributed by atoms with Crippen LogP contribution >= 0.6 is 0 Å². The van der Waals surface area contributed by atoms with Gasteiger partial charge in [0.15, 0.2) is 11.5 Å². The van der Waals surface area contributed by atoms with Crippen LogP contribution < -0.4 is 14.8 Å². The minimum atomic E-state index is -0.340. The van der Waals surface area contributed by atoms with Gasteiger partial charge in [0.2, 0.25) is 0 Å². The quantitative estimate of drug-likeness (QED) is 0.221. The Morgan fingerprint density at radius 1 is 0.861 bits per heavy atom. The summed E-state index contributed by atoms with van der Waals surface area (Å²) in [5.41, 5.74) is 1.23. The van der Waals surface area contributed by atoms with E-state index in [1.54, 1.807) is 31.4 Å². The van der Waals surface area contributed by atoms with Crippen molar-refractivity contribution in [2.24, 2.45) is 0 Å². The van der Waals surface area contributed by atoms with Crippen LogP contribution in [0.4, 0.5) is 15.9 Å². The molecule has 0 saturated heterocycles. The summed E-state index contributed by atoms with van der Waals surface area (Å²) in [7, 11) is 1.56. The average Bonchev–Trinajstić information content (AvgIpc) is 2.88. The third kappa shape index (κ3) is 8.94. The van der Waals surface area contributed by atoms with Crippen LogP contribution in [0.3, 0.4) is 0 Å². The van der Waals surface area contributed by atoms with Crippen LogP contribution in [-0.4, -0.2) is 76.5 Å². The van der Waals surface area contributed by atoms with Gasteiger partial charge in [-0.25, -0.2) is 14.4 Å². The van der Waals surface area contributed by atoms with Crippen LogP contribution in [0, 0.1) is 18.2 Å². The highest BCUT2D eigenvalue weighted by Crippen LogP contribution is 2.34. The maximum Gasteiger partial charge on any atom is 0.163 e. The van der Waals surface area contributed by atoms with Gasteiger partial charge in [0.1, 0.15) is 31.2 Å². The SMILES string of the molecule is C#CCOCCOCCOCCOCCOc1cc2ncnc(Nc3cccc(F)c3)c2cc1OC. The second kappa shape index (κ2) is 15.5. The number of aromatic nitrogens is 2. The number of ether oxygens (including phenoxy) is 6. The number of terminal acetylenes is 1. The molecule has 0 aliphatic rings. The fourth-order valence-electron chi connectivity index (χ4n) is 3.14. The van der Waals surface area contributed by atoms with E-state index in [0.717, 1.165) is 0 Å². The van der Waals surface area contributed by atoms with Gasteiger partial charge in [0.05, 0.1) is 58.9 Å². The molecule has 1 aromatic heterocycles. The number of anilines is 2. The lowest BCUT2D eigenvalue weighted by atomic mass is 10.2. The lowest BCUT2D eigenvalue weighted by Gasteiger charge is -2.14. The van der Waals surface area contributed by atoms with Gasteiger partial charge in [0, 0.05) is 17.1 Å². The summed E-state index contributed by atoms with van der Waals surface area (Å²) in [5, 5.41) is 3.83. The maximum atomic E-state index is 13.5. The first kappa shape index (κ1) is 27.1. The molecule has 0 amide bonds. The normalized spacial score (nSPS) is 10.8. The molecule has 0 aliphatic carbocycles. The summed E-state index contributed by atoms with van der Waals surface area (Å²) >= 11 is 0. The first-order valence-corrected chi connectivity index (χ1v) is 11.4. The van der Waals surface area contributed by atoms with E-state index in [9.17, 15) is 4.39 Å². The number of nitrogens with one attached hydrogen (secondary N) is 1. The number of nitrogens with zero attached hydrogens (tertiary/aromatic N) is 2. The van der Waals surface area contributed by atoms with Gasteiger partial charge in [-0.15, -0.1) is 6.42 Å². The van der Waals surface area contributed by atoms with Crippen LogP contribution in [0.2, 0.25) is 0 Å². The Kier molecular flexibility index (Phi) is 11.7. The summed E-state index contributed by atoms with van der Waals surface area (Å²) in [4.78, 5) is 8.61. The molecule has 36 heavy (non-hydrogen) atoms. The van der Waals surface area contributed by atoms with Gasteiger partial charge in [-0.3, -0.25) is 0 Å². The second-order valence-electron chi connectivity index (χ2n) is 7.32. The van der Waals surface area contributed by atoms with Gasteiger partial charge in [-0.1, -0.05) is 12.0 Å². The highest BCUT2D eigenvalue weighted by molar-refractivity contribution is 5.93. The number of fused-ring (bicyclic) bond motifs is 1. The topological polar surface area (TPSA) is 93.2 Å². The second-order valence-corrected chi connectivity index (χ2v) is 7.32. The zero-order valence-corrected chi connectivity index (χ0v) is 20.2. The number of halogens is 1. The minimum absolute atomic E-state index is 0.291. The van der Waals surface area contributed by atoms with E-state index in [1.165, 1.54) is 18.5 Å². The lowest BCUT2D eigenvalue weighted by molar-refractivity contribution is -0.00194. The molecule has 0 unspecified atom stereocenters. The maximum absolute atomic E-state index is 13.5. The van der Waals surface area contributed by atoms with Gasteiger partial charge in [0.25, 0.3) is 0 Å². The lowest BCUT2D eigenvalue weighted by Crippen LogP contribution is -2.14. The molecule has 1 N–H and O–H groups in total. The summed E-state index contributed by atoms with van der Waals surface area (Å²) in [6.45, 7) is 3.78. The zero-order chi connectivity index (χ0) is 25.4. The van der Waals surface area contributed by atoms with E-state index in [4.69, 9.17) is 34.8 Å². The third-order valence-corrected chi connectivity index (χ3v) is 4.79. The van der Waals surface area contributed by atoms with Crippen LogP contribution in [0.15, 0.2) is 42.7 Å². The van der Waals surface area contributed by atoms with Crippen molar-refractivity contribution in [3.8, 4) is 23.8 Å². The van der Waals surface area contributed by atoms with E-state index < -0.39 is 0 Å². The van der Waals surface area contributed by atoms with Crippen LogP contribution in [0.5, 0.6) is 11.5 Å². The molecular formula is C26H30FN3O6. The standard InChI is InChI=1S/C26H30FN3O6/c1-3-7-32-8-9-33-10-11-34-12-13-35-14-15-36-25-18-23-22(17-24(25)31-2)26(29-19-28-23)30-21-6-4-5-20(27)16-21/h1,4-6,16-19H,7-15H2,2H3,(H,28,29,30). The molecule has 0 atom stereocenters. The van der Waals surface area contributed by atoms with Gasteiger partial charge < -0.3 is 33.7 Å². The smallest absolute Gasteiger partial charge is 0.163 e. The van der Waals surface area contributed by atoms with Crippen molar-refractivity contribution in [3.05, 3.63) is 48.5 Å². The molecule has 9 nitrogen and oxygen atoms in total. The number of rotatable bonds is 17. The predicted octanol–water partition coefficient (Wildman–Crippen LogP) is 3.60. The molecule has 10 heteroatoms. The van der Waals surface area contributed by atoms with Crippen LogP contribution in [0.25, 0.3) is 10.9 Å². The fourth-order valence-corrected chi connectivity index (χ4v) is 3.14. The van der Waals surface area contributed by atoms with E-state index in [1.807, 2.05) is 0 Å². The van der Waals surface area contributed by atoms with E-state index in [0.29, 0.717) is 93.4 Å². The molecule has 1 heterocycles. The molecule has 0 spiro atoms. The molecule has 3 rings (SSSR count). The van der Waals surface area contributed by atoms with E-state index in [2.05, 4.69) is 21.2 Å². The highest BCUT2D eigenvalue weighted by atomic mass is 19.1. The molecule has 2 aromatic carbocycles. The van der Waals surface area contributed by atoms with Crippen LogP contribution in [-0.2, 0) is 18.9 Å². The van der Waals surface area contributed by atoms with Crippen molar-refractivity contribution in [2.75, 3.05) is 71.9 Å². The Hall–Kier alpha value is -3.49. The summed E-state index contributed by atoms with van der Waals surface area (Å²) in [6, 6.07) is 9.70. The van der Waals surface area contributed by atoms with Crippen molar-refractivity contribution in [2.45, 2.75) is 0 Å². The zero-order valence-electron chi connectivity index (χ0n) is 20.2. The minimum Gasteiger partial charge on any atom is -0.493 e. The van der Waals surface area contributed by atoms with Gasteiger partial charge >= 0.3 is 0 Å². The van der Waals surface area contributed by atoms with E-state index >= 15 is 0 Å². The molecule has 0 bridgehead atoms. The molecule has 0 saturated carbocycles. The van der Waals surface area contributed by atoms with Crippen molar-refractivity contribution in [1.29, 1.82) is 0 Å². The molecular weight excluding hydrogens is 469 g/mol. The van der Waals surface area contributed by atoms with E-state index in [-0.39, 0.29) is 5.82 Å². The van der Waals surface area contributed by atoms with Crippen molar-refractivity contribution in [1.82, 2.24) is 9.97 Å². The largest absolute Gasteiger partial charge is 0.493 e. The van der Waals surface area contributed by atoms with Gasteiger partial charge in [-0.2, -0.15) is 0 Å². The van der Waals surface area contributed by atoms with Crippen molar-refractivity contribution >= 4 is 22.4 Å². The van der Waals surface area contributed by atoms with Crippen molar-refractivity contribution < 1.29 is 32.8 Å². The van der Waals surface area contributed by atoms with Gasteiger partial charge in [-0.05, 0) is 24.3 Å².